The maximum atomic E-state index is 15.9. The fourth-order valence-corrected chi connectivity index (χ4v) is 6.64. The van der Waals surface area contributed by atoms with Crippen molar-refractivity contribution in [3.05, 3.63) is 64.1 Å². The Labute approximate surface area is 257 Å². The van der Waals surface area contributed by atoms with Crippen molar-refractivity contribution in [3.8, 4) is 11.1 Å². The van der Waals surface area contributed by atoms with Gasteiger partial charge in [-0.05, 0) is 44.0 Å². The van der Waals surface area contributed by atoms with Crippen LogP contribution in [-0.4, -0.2) is 84.3 Å². The molecule has 0 radical (unpaired) electrons. The van der Waals surface area contributed by atoms with Gasteiger partial charge >= 0.3 is 6.18 Å². The van der Waals surface area contributed by atoms with Crippen molar-refractivity contribution in [3.63, 3.8) is 0 Å². The number of anilines is 3. The second-order valence-electron chi connectivity index (χ2n) is 11.7. The number of likely N-dealkylation sites (tertiary alicyclic amines) is 1. The second-order valence-corrected chi connectivity index (χ2v) is 11.7. The number of fused-ring (bicyclic) bond motifs is 1. The molecule has 2 aromatic heterocycles. The van der Waals surface area contributed by atoms with E-state index < -0.39 is 34.6 Å². The van der Waals surface area contributed by atoms with Gasteiger partial charge in [0.1, 0.15) is 5.82 Å². The van der Waals surface area contributed by atoms with E-state index in [1.807, 2.05) is 9.80 Å². The molecule has 0 saturated carbocycles. The van der Waals surface area contributed by atoms with Crippen LogP contribution in [0.3, 0.4) is 0 Å². The lowest BCUT2D eigenvalue weighted by Crippen LogP contribution is -2.40. The number of amides is 1. The lowest BCUT2D eigenvalue weighted by Gasteiger charge is -2.29. The quantitative estimate of drug-likeness (QED) is 0.387. The van der Waals surface area contributed by atoms with Crippen LogP contribution in [0.4, 0.5) is 34.9 Å². The van der Waals surface area contributed by atoms with Crippen LogP contribution in [0.25, 0.3) is 11.1 Å². The van der Waals surface area contributed by atoms with Gasteiger partial charge in [0.2, 0.25) is 11.5 Å². The van der Waals surface area contributed by atoms with Gasteiger partial charge in [0.15, 0.2) is 0 Å². The summed E-state index contributed by atoms with van der Waals surface area (Å²) in [4.78, 5) is 42.5. The molecule has 2 unspecified atom stereocenters. The molecular weight excluding hydrogens is 594 g/mol. The highest BCUT2D eigenvalue weighted by atomic mass is 19.4. The molecule has 6 rings (SSSR count). The van der Waals surface area contributed by atoms with Gasteiger partial charge in [0.25, 0.3) is 5.91 Å². The van der Waals surface area contributed by atoms with E-state index in [-0.39, 0.29) is 17.3 Å². The molecular formula is C31H35F4N7O3. The van der Waals surface area contributed by atoms with Crippen molar-refractivity contribution in [2.24, 2.45) is 5.92 Å². The Hall–Kier alpha value is -4.04. The summed E-state index contributed by atoms with van der Waals surface area (Å²) in [5.74, 6) is -0.859. The molecule has 3 saturated heterocycles. The summed E-state index contributed by atoms with van der Waals surface area (Å²) in [6.45, 7) is 7.49. The van der Waals surface area contributed by atoms with Gasteiger partial charge in [-0.2, -0.15) is 13.2 Å². The zero-order valence-corrected chi connectivity index (χ0v) is 24.9. The summed E-state index contributed by atoms with van der Waals surface area (Å²) < 4.78 is 62.7. The highest BCUT2D eigenvalue weighted by Gasteiger charge is 2.39. The molecule has 3 fully saturated rings. The number of carbonyl (C=O) groups excluding carboxylic acids is 1. The lowest BCUT2D eigenvalue weighted by atomic mass is 9.98. The molecule has 0 bridgehead atoms. The summed E-state index contributed by atoms with van der Waals surface area (Å²) >= 11 is 0. The van der Waals surface area contributed by atoms with Crippen molar-refractivity contribution in [1.29, 1.82) is 0 Å². The molecule has 3 aromatic rings. The minimum absolute atomic E-state index is 0.0867. The molecule has 240 valence electrons. The van der Waals surface area contributed by atoms with E-state index in [4.69, 9.17) is 4.74 Å². The number of rotatable bonds is 6. The number of benzene rings is 1. The van der Waals surface area contributed by atoms with Gasteiger partial charge in [-0.25, -0.2) is 14.4 Å². The Bertz CT molecular complexity index is 1590. The SMILES string of the molecule is CCN1CCCCC2CN(c3cc(F)c(-c4cnc(N5CCOCC5)nc4)cc3NC(=O)c3c[nH]c(=O)cc3C(F)(F)F)CC21. The van der Waals surface area contributed by atoms with Crippen LogP contribution in [0.5, 0.6) is 0 Å². The molecule has 0 spiro atoms. The molecule has 1 aromatic carbocycles. The zero-order valence-electron chi connectivity index (χ0n) is 24.9. The molecule has 3 aliphatic heterocycles. The molecule has 2 atom stereocenters. The second kappa shape index (κ2) is 12.8. The summed E-state index contributed by atoms with van der Waals surface area (Å²) in [5, 5.41) is 2.61. The molecule has 3 aliphatic rings. The van der Waals surface area contributed by atoms with Crippen LogP contribution in [0, 0.1) is 11.7 Å². The van der Waals surface area contributed by atoms with Crippen LogP contribution in [0.2, 0.25) is 0 Å². The Morgan fingerprint density at radius 1 is 1.07 bits per heavy atom. The first-order chi connectivity index (χ1) is 21.6. The van der Waals surface area contributed by atoms with Gasteiger partial charge in [-0.1, -0.05) is 13.3 Å². The third-order valence-electron chi connectivity index (χ3n) is 8.94. The van der Waals surface area contributed by atoms with E-state index in [0.29, 0.717) is 68.6 Å². The van der Waals surface area contributed by atoms with Crippen molar-refractivity contribution in [1.82, 2.24) is 19.9 Å². The predicted octanol–water partition coefficient (Wildman–Crippen LogP) is 4.39. The Morgan fingerprint density at radius 2 is 1.82 bits per heavy atom. The van der Waals surface area contributed by atoms with Gasteiger partial charge in [0.05, 0.1) is 35.7 Å². The van der Waals surface area contributed by atoms with E-state index in [2.05, 4.69) is 32.1 Å². The van der Waals surface area contributed by atoms with E-state index in [9.17, 15) is 22.8 Å². The average Bonchev–Trinajstić information content (AvgIpc) is 3.35. The number of likely N-dealkylation sites (N-methyl/N-ethyl adjacent to an activating group) is 1. The van der Waals surface area contributed by atoms with E-state index in [0.717, 1.165) is 38.5 Å². The predicted molar refractivity (Wildman–Crippen MR) is 161 cm³/mol. The molecule has 10 nitrogen and oxygen atoms in total. The first-order valence-electron chi connectivity index (χ1n) is 15.2. The average molecular weight is 630 g/mol. The number of aromatic amines is 1. The van der Waals surface area contributed by atoms with Gasteiger partial charge in [0, 0.05) is 68.0 Å². The summed E-state index contributed by atoms with van der Waals surface area (Å²) in [6, 6.07) is 3.33. The molecule has 5 heterocycles. The monoisotopic (exact) mass is 629 g/mol. The minimum Gasteiger partial charge on any atom is -0.378 e. The molecule has 45 heavy (non-hydrogen) atoms. The number of halogens is 4. The normalized spacial score (nSPS) is 21.0. The Balaban J connectivity index is 1.37. The minimum atomic E-state index is -4.94. The highest BCUT2D eigenvalue weighted by Crippen LogP contribution is 2.40. The first-order valence-corrected chi connectivity index (χ1v) is 15.2. The smallest absolute Gasteiger partial charge is 0.378 e. The van der Waals surface area contributed by atoms with Gasteiger partial charge in [-0.3, -0.25) is 14.5 Å². The molecule has 2 N–H and O–H groups in total. The maximum absolute atomic E-state index is 15.9. The van der Waals surface area contributed by atoms with Crippen molar-refractivity contribution < 1.29 is 27.1 Å². The number of morpholine rings is 1. The summed E-state index contributed by atoms with van der Waals surface area (Å²) in [6.07, 6.45) is 1.98. The standard InChI is InChI=1S/C31H35F4N7O3/c1-2-40-6-4-3-5-19-17-42(18-27(19)40)26-13-24(32)21(20-14-37-30(38-15-20)41-7-9-45-10-8-41)11-25(26)39-29(44)22-16-36-28(43)12-23(22)31(33,34)35/h11-16,19,27H,2-10,17-18H2,1H3,(H,36,43)(H,39,44). The van der Waals surface area contributed by atoms with Crippen molar-refractivity contribution >= 4 is 23.2 Å². The summed E-state index contributed by atoms with van der Waals surface area (Å²) in [7, 11) is 0. The fraction of sp³-hybridized carbons (Fsp3) is 0.484. The van der Waals surface area contributed by atoms with Crippen LogP contribution in [0.15, 0.2) is 41.6 Å². The largest absolute Gasteiger partial charge is 0.417 e. The Morgan fingerprint density at radius 3 is 2.53 bits per heavy atom. The molecule has 14 heteroatoms. The number of H-pyrrole nitrogens is 1. The maximum Gasteiger partial charge on any atom is 0.417 e. The third-order valence-corrected chi connectivity index (χ3v) is 8.94. The topological polar surface area (TPSA) is 107 Å². The number of pyridine rings is 1. The number of carbonyl (C=O) groups is 1. The zero-order chi connectivity index (χ0) is 31.7. The van der Waals surface area contributed by atoms with Gasteiger partial charge < -0.3 is 24.8 Å². The van der Waals surface area contributed by atoms with Crippen molar-refractivity contribution in [2.75, 3.05) is 67.6 Å². The van der Waals surface area contributed by atoms with Crippen LogP contribution in [-0.2, 0) is 10.9 Å². The number of hydrogen-bond donors (Lipinski definition) is 2. The number of nitrogens with one attached hydrogen (secondary N) is 2. The molecule has 1 amide bonds. The first kappa shape index (κ1) is 31.0. The van der Waals surface area contributed by atoms with E-state index in [1.165, 1.54) is 24.5 Å². The third kappa shape index (κ3) is 6.52. The number of aromatic nitrogens is 3. The lowest BCUT2D eigenvalue weighted by molar-refractivity contribution is -0.138. The number of hydrogen-bond acceptors (Lipinski definition) is 8. The highest BCUT2D eigenvalue weighted by molar-refractivity contribution is 6.07. The van der Waals surface area contributed by atoms with E-state index in [1.54, 1.807) is 0 Å². The number of ether oxygens (including phenoxy) is 1. The summed E-state index contributed by atoms with van der Waals surface area (Å²) in [5.41, 5.74) is -2.15. The molecule has 0 aliphatic carbocycles. The van der Waals surface area contributed by atoms with Gasteiger partial charge in [-0.15, -0.1) is 0 Å². The van der Waals surface area contributed by atoms with Crippen LogP contribution < -0.4 is 20.7 Å². The Kier molecular flexibility index (Phi) is 8.78. The van der Waals surface area contributed by atoms with Crippen LogP contribution in [0.1, 0.15) is 42.1 Å². The van der Waals surface area contributed by atoms with Crippen LogP contribution >= 0.6 is 0 Å². The number of alkyl halides is 3. The van der Waals surface area contributed by atoms with E-state index >= 15 is 4.39 Å². The number of nitrogens with zero attached hydrogens (tertiary/aromatic N) is 5. The fourth-order valence-electron chi connectivity index (χ4n) is 6.64. The van der Waals surface area contributed by atoms with Crippen molar-refractivity contribution in [2.45, 2.75) is 38.4 Å².